The summed E-state index contributed by atoms with van der Waals surface area (Å²) in [6, 6.07) is 7.05. The number of carbonyl (C=O) groups excluding carboxylic acids is 1. The van der Waals surface area contributed by atoms with Gasteiger partial charge < -0.3 is 15.2 Å². The number of rotatable bonds is 5. The molecule has 2 unspecified atom stereocenters. The quantitative estimate of drug-likeness (QED) is 0.814. The van der Waals surface area contributed by atoms with E-state index in [-0.39, 0.29) is 11.9 Å². The van der Waals surface area contributed by atoms with Crippen LogP contribution < -0.4 is 10.1 Å². The van der Waals surface area contributed by atoms with Gasteiger partial charge in [0.2, 0.25) is 5.91 Å². The van der Waals surface area contributed by atoms with Crippen molar-refractivity contribution < 1.29 is 19.4 Å². The molecular weight excluding hydrogens is 270 g/mol. The summed E-state index contributed by atoms with van der Waals surface area (Å²) in [5, 5.41) is 11.8. The molecule has 0 aliphatic heterocycles. The number of benzene rings is 1. The van der Waals surface area contributed by atoms with Crippen LogP contribution in [0.1, 0.15) is 24.8 Å². The molecule has 1 aromatic rings. The van der Waals surface area contributed by atoms with E-state index in [4.69, 9.17) is 9.84 Å². The van der Waals surface area contributed by atoms with Crippen LogP contribution in [0.3, 0.4) is 0 Å². The van der Waals surface area contributed by atoms with Gasteiger partial charge in [-0.05, 0) is 36.6 Å². The van der Waals surface area contributed by atoms with E-state index in [1.807, 2.05) is 24.3 Å². The van der Waals surface area contributed by atoms with Gasteiger partial charge in [-0.2, -0.15) is 0 Å². The monoisotopic (exact) mass is 289 g/mol. The number of carboxylic acid groups (broad SMARTS) is 1. The van der Waals surface area contributed by atoms with Crippen molar-refractivity contribution in [1.82, 2.24) is 5.32 Å². The highest BCUT2D eigenvalue weighted by molar-refractivity contribution is 5.92. The SMILES string of the molecule is COc1ccc(C=CC(=O)NC2CCCC2C(=O)O)cc1. The van der Waals surface area contributed by atoms with Gasteiger partial charge in [-0.25, -0.2) is 0 Å². The van der Waals surface area contributed by atoms with Gasteiger partial charge in [-0.15, -0.1) is 0 Å². The van der Waals surface area contributed by atoms with E-state index in [2.05, 4.69) is 5.32 Å². The van der Waals surface area contributed by atoms with E-state index in [9.17, 15) is 9.59 Å². The number of hydrogen-bond acceptors (Lipinski definition) is 3. The standard InChI is InChI=1S/C16H19NO4/c1-21-12-8-5-11(6-9-12)7-10-15(18)17-14-4-2-3-13(14)16(19)20/h5-10,13-14H,2-4H2,1H3,(H,17,18)(H,19,20). The highest BCUT2D eigenvalue weighted by Gasteiger charge is 2.33. The van der Waals surface area contributed by atoms with E-state index < -0.39 is 11.9 Å². The minimum absolute atomic E-state index is 0.260. The van der Waals surface area contributed by atoms with Crippen LogP contribution in [-0.2, 0) is 9.59 Å². The van der Waals surface area contributed by atoms with Gasteiger partial charge in [0.15, 0.2) is 0 Å². The van der Waals surface area contributed by atoms with Gasteiger partial charge in [0.25, 0.3) is 0 Å². The lowest BCUT2D eigenvalue weighted by Gasteiger charge is -2.16. The Balaban J connectivity index is 1.91. The Morgan fingerprint density at radius 1 is 1.29 bits per heavy atom. The predicted octanol–water partition coefficient (Wildman–Crippen LogP) is 2.08. The minimum atomic E-state index is -0.836. The van der Waals surface area contributed by atoms with Gasteiger partial charge in [0.05, 0.1) is 13.0 Å². The molecular formula is C16H19NO4. The lowest BCUT2D eigenvalue weighted by molar-refractivity contribution is -0.142. The third kappa shape index (κ3) is 4.08. The predicted molar refractivity (Wildman–Crippen MR) is 78.9 cm³/mol. The number of amides is 1. The summed E-state index contributed by atoms with van der Waals surface area (Å²) in [4.78, 5) is 22.9. The molecule has 0 radical (unpaired) electrons. The molecule has 2 rings (SSSR count). The summed E-state index contributed by atoms with van der Waals surface area (Å²) in [6.45, 7) is 0. The molecule has 1 saturated carbocycles. The zero-order valence-corrected chi connectivity index (χ0v) is 11.9. The summed E-state index contributed by atoms with van der Waals surface area (Å²) in [5.74, 6) is -0.809. The zero-order chi connectivity index (χ0) is 15.2. The fraction of sp³-hybridized carbons (Fsp3) is 0.375. The van der Waals surface area contributed by atoms with Crippen molar-refractivity contribution in [1.29, 1.82) is 0 Å². The first-order valence-electron chi connectivity index (χ1n) is 6.95. The molecule has 5 nitrogen and oxygen atoms in total. The molecule has 5 heteroatoms. The van der Waals surface area contributed by atoms with E-state index in [1.165, 1.54) is 6.08 Å². The number of hydrogen-bond donors (Lipinski definition) is 2. The maximum atomic E-state index is 11.8. The van der Waals surface area contributed by atoms with Crippen LogP contribution in [0.15, 0.2) is 30.3 Å². The summed E-state index contributed by atoms with van der Waals surface area (Å²) in [5.41, 5.74) is 0.882. The molecule has 2 atom stereocenters. The Hall–Kier alpha value is -2.30. The van der Waals surface area contributed by atoms with Crippen LogP contribution in [0, 0.1) is 5.92 Å². The van der Waals surface area contributed by atoms with Crippen molar-refractivity contribution in [3.05, 3.63) is 35.9 Å². The Morgan fingerprint density at radius 2 is 2.00 bits per heavy atom. The molecule has 1 aliphatic carbocycles. The molecule has 1 amide bonds. The lowest BCUT2D eigenvalue weighted by atomic mass is 10.0. The second kappa shape index (κ2) is 6.92. The Bertz CT molecular complexity index is 536. The number of carbonyl (C=O) groups is 2. The van der Waals surface area contributed by atoms with Crippen molar-refractivity contribution >= 4 is 18.0 Å². The van der Waals surface area contributed by atoms with E-state index in [0.717, 1.165) is 24.2 Å². The highest BCUT2D eigenvalue weighted by atomic mass is 16.5. The van der Waals surface area contributed by atoms with Gasteiger partial charge in [0.1, 0.15) is 5.75 Å². The fourth-order valence-electron chi connectivity index (χ4n) is 2.55. The molecule has 1 aromatic carbocycles. The molecule has 0 spiro atoms. The molecule has 0 bridgehead atoms. The van der Waals surface area contributed by atoms with Crippen molar-refractivity contribution in [2.75, 3.05) is 7.11 Å². The average Bonchev–Trinajstić information content (AvgIpc) is 2.94. The third-order valence-corrected chi connectivity index (χ3v) is 3.70. The van der Waals surface area contributed by atoms with E-state index in [0.29, 0.717) is 6.42 Å². The lowest BCUT2D eigenvalue weighted by Crippen LogP contribution is -2.39. The highest BCUT2D eigenvalue weighted by Crippen LogP contribution is 2.25. The number of aliphatic carboxylic acids is 1. The molecule has 0 saturated heterocycles. The molecule has 0 heterocycles. The van der Waals surface area contributed by atoms with Gasteiger partial charge in [-0.3, -0.25) is 9.59 Å². The number of ether oxygens (including phenoxy) is 1. The Labute approximate surface area is 123 Å². The molecule has 112 valence electrons. The minimum Gasteiger partial charge on any atom is -0.497 e. The van der Waals surface area contributed by atoms with Crippen LogP contribution in [0.4, 0.5) is 0 Å². The molecule has 0 aromatic heterocycles. The summed E-state index contributed by atoms with van der Waals surface area (Å²) in [6.07, 6.45) is 5.31. The van der Waals surface area contributed by atoms with Gasteiger partial charge in [0, 0.05) is 12.1 Å². The van der Waals surface area contributed by atoms with Gasteiger partial charge in [-0.1, -0.05) is 18.6 Å². The Kier molecular flexibility index (Phi) is 4.98. The smallest absolute Gasteiger partial charge is 0.308 e. The van der Waals surface area contributed by atoms with Crippen molar-refractivity contribution in [2.45, 2.75) is 25.3 Å². The van der Waals surface area contributed by atoms with Crippen LogP contribution >= 0.6 is 0 Å². The summed E-state index contributed by atoms with van der Waals surface area (Å²) in [7, 11) is 1.60. The molecule has 1 fully saturated rings. The maximum Gasteiger partial charge on any atom is 0.308 e. The van der Waals surface area contributed by atoms with Crippen LogP contribution in [0.25, 0.3) is 6.08 Å². The van der Waals surface area contributed by atoms with Crippen LogP contribution in [-0.4, -0.2) is 30.1 Å². The molecule has 2 N–H and O–H groups in total. The normalized spacial score (nSPS) is 21.4. The van der Waals surface area contributed by atoms with Crippen molar-refractivity contribution in [3.8, 4) is 5.75 Å². The van der Waals surface area contributed by atoms with Crippen LogP contribution in [0.2, 0.25) is 0 Å². The van der Waals surface area contributed by atoms with Gasteiger partial charge >= 0.3 is 5.97 Å². The fourth-order valence-corrected chi connectivity index (χ4v) is 2.55. The average molecular weight is 289 g/mol. The number of carboxylic acids is 1. The first-order valence-corrected chi connectivity index (χ1v) is 6.95. The second-order valence-corrected chi connectivity index (χ2v) is 5.10. The molecule has 1 aliphatic rings. The van der Waals surface area contributed by atoms with E-state index >= 15 is 0 Å². The van der Waals surface area contributed by atoms with Crippen molar-refractivity contribution in [3.63, 3.8) is 0 Å². The third-order valence-electron chi connectivity index (χ3n) is 3.70. The zero-order valence-electron chi connectivity index (χ0n) is 11.9. The topological polar surface area (TPSA) is 75.6 Å². The second-order valence-electron chi connectivity index (χ2n) is 5.10. The largest absolute Gasteiger partial charge is 0.497 e. The van der Waals surface area contributed by atoms with Crippen molar-refractivity contribution in [2.24, 2.45) is 5.92 Å². The number of nitrogens with one attached hydrogen (secondary N) is 1. The first kappa shape index (κ1) is 15.1. The maximum absolute atomic E-state index is 11.8. The van der Waals surface area contributed by atoms with Crippen LogP contribution in [0.5, 0.6) is 5.75 Å². The summed E-state index contributed by atoms with van der Waals surface area (Å²) >= 11 is 0. The number of methoxy groups -OCH3 is 1. The summed E-state index contributed by atoms with van der Waals surface area (Å²) < 4.78 is 5.06. The molecule has 21 heavy (non-hydrogen) atoms. The first-order chi connectivity index (χ1) is 10.1. The Morgan fingerprint density at radius 3 is 2.62 bits per heavy atom. The van der Waals surface area contributed by atoms with E-state index in [1.54, 1.807) is 13.2 Å².